The fourth-order valence-electron chi connectivity index (χ4n) is 1.49. The second-order valence-corrected chi connectivity index (χ2v) is 4.55. The van der Waals surface area contributed by atoms with Gasteiger partial charge in [0.2, 0.25) is 0 Å². The molecule has 2 amide bonds. The van der Waals surface area contributed by atoms with Gasteiger partial charge in [-0.05, 0) is 32.0 Å². The predicted octanol–water partition coefficient (Wildman–Crippen LogP) is 3.95. The molecule has 1 aromatic carbocycles. The van der Waals surface area contributed by atoms with Crippen LogP contribution in [0.25, 0.3) is 0 Å². The topological polar surface area (TPSA) is 46.2 Å². The average Bonchev–Trinajstić information content (AvgIpc) is 2.43. The zero-order valence-electron chi connectivity index (χ0n) is 11.9. The minimum absolute atomic E-state index is 0.0846. The molecule has 1 N–H and O–H groups in total. The van der Waals surface area contributed by atoms with E-state index in [4.69, 9.17) is 0 Å². The van der Waals surface area contributed by atoms with Crippen molar-refractivity contribution in [3.8, 4) is 0 Å². The van der Waals surface area contributed by atoms with Gasteiger partial charge in [-0.2, -0.15) is 26.3 Å². The number of imide groups is 1. The van der Waals surface area contributed by atoms with Crippen LogP contribution in [-0.2, 0) is 17.1 Å². The molecule has 0 spiro atoms. The van der Waals surface area contributed by atoms with E-state index in [2.05, 4.69) is 0 Å². The van der Waals surface area contributed by atoms with Gasteiger partial charge in [-0.3, -0.25) is 14.9 Å². The Kier molecular flexibility index (Phi) is 5.24. The number of amides is 2. The monoisotopic (exact) mass is 339 g/mol. The summed E-state index contributed by atoms with van der Waals surface area (Å²) in [6.07, 6.45) is -8.81. The van der Waals surface area contributed by atoms with E-state index in [1.54, 1.807) is 5.32 Å². The molecule has 0 fully saturated rings. The van der Waals surface area contributed by atoms with Crippen LogP contribution < -0.4 is 5.32 Å². The van der Waals surface area contributed by atoms with E-state index >= 15 is 0 Å². The van der Waals surface area contributed by atoms with Gasteiger partial charge < -0.3 is 0 Å². The standard InChI is InChI=1S/C14H11F6NO2/c1-3-7(2)11(22)21-12(23)8-4-9(13(15,16)17)6-10(5-8)14(18,19)20/h3-6H,1-2H3,(H,21,22,23)/b7-3+. The van der Waals surface area contributed by atoms with Crippen molar-refractivity contribution in [1.82, 2.24) is 5.32 Å². The Morgan fingerprint density at radius 1 is 0.957 bits per heavy atom. The fraction of sp³-hybridized carbons (Fsp3) is 0.286. The molecule has 0 aliphatic rings. The summed E-state index contributed by atoms with van der Waals surface area (Å²) < 4.78 is 76.0. The SMILES string of the molecule is C/C=C(\C)C(=O)NC(=O)c1cc(C(F)(F)F)cc(C(F)(F)F)c1. The third kappa shape index (κ3) is 4.83. The lowest BCUT2D eigenvalue weighted by atomic mass is 10.0. The quantitative estimate of drug-likeness (QED) is 0.655. The molecule has 1 rings (SSSR count). The van der Waals surface area contributed by atoms with Gasteiger partial charge in [0.05, 0.1) is 11.1 Å². The van der Waals surface area contributed by atoms with Gasteiger partial charge in [0.25, 0.3) is 11.8 Å². The molecule has 0 aromatic heterocycles. The maximum atomic E-state index is 12.7. The van der Waals surface area contributed by atoms with E-state index in [1.165, 1.54) is 19.9 Å². The van der Waals surface area contributed by atoms with E-state index in [0.717, 1.165) is 0 Å². The molecule has 0 bridgehead atoms. The molecular formula is C14H11F6NO2. The lowest BCUT2D eigenvalue weighted by molar-refractivity contribution is -0.143. The van der Waals surface area contributed by atoms with Gasteiger partial charge in [-0.1, -0.05) is 6.08 Å². The fourth-order valence-corrected chi connectivity index (χ4v) is 1.49. The van der Waals surface area contributed by atoms with Crippen LogP contribution in [0, 0.1) is 0 Å². The van der Waals surface area contributed by atoms with Crippen molar-refractivity contribution in [2.45, 2.75) is 26.2 Å². The number of rotatable bonds is 2. The van der Waals surface area contributed by atoms with Gasteiger partial charge >= 0.3 is 12.4 Å². The highest BCUT2D eigenvalue weighted by Crippen LogP contribution is 2.36. The van der Waals surface area contributed by atoms with Crippen LogP contribution in [0.5, 0.6) is 0 Å². The van der Waals surface area contributed by atoms with E-state index in [0.29, 0.717) is 0 Å². The minimum atomic E-state index is -5.07. The summed E-state index contributed by atoms with van der Waals surface area (Å²) in [6.45, 7) is 2.81. The van der Waals surface area contributed by atoms with Gasteiger partial charge in [-0.25, -0.2) is 0 Å². The Morgan fingerprint density at radius 2 is 1.39 bits per heavy atom. The average molecular weight is 339 g/mol. The maximum Gasteiger partial charge on any atom is 0.416 e. The van der Waals surface area contributed by atoms with Crippen LogP contribution in [0.2, 0.25) is 0 Å². The second-order valence-electron chi connectivity index (χ2n) is 4.55. The molecule has 9 heteroatoms. The highest BCUT2D eigenvalue weighted by Gasteiger charge is 2.37. The Labute approximate surface area is 127 Å². The number of hydrogen-bond acceptors (Lipinski definition) is 2. The maximum absolute atomic E-state index is 12.7. The second kappa shape index (κ2) is 6.43. The molecule has 0 saturated heterocycles. The largest absolute Gasteiger partial charge is 0.416 e. The molecule has 23 heavy (non-hydrogen) atoms. The van der Waals surface area contributed by atoms with E-state index in [1.807, 2.05) is 0 Å². The number of nitrogens with one attached hydrogen (secondary N) is 1. The van der Waals surface area contributed by atoms with Crippen molar-refractivity contribution in [3.63, 3.8) is 0 Å². The summed E-state index contributed by atoms with van der Waals surface area (Å²) in [4.78, 5) is 23.2. The van der Waals surface area contributed by atoms with Crippen molar-refractivity contribution in [1.29, 1.82) is 0 Å². The number of alkyl halides is 6. The number of hydrogen-bond donors (Lipinski definition) is 1. The highest BCUT2D eigenvalue weighted by atomic mass is 19.4. The Balaban J connectivity index is 3.30. The number of benzene rings is 1. The van der Waals surface area contributed by atoms with Gasteiger partial charge in [0.15, 0.2) is 0 Å². The molecule has 1 aromatic rings. The van der Waals surface area contributed by atoms with Crippen LogP contribution in [0.15, 0.2) is 29.8 Å². The summed E-state index contributed by atoms with van der Waals surface area (Å²) in [5, 5.41) is 1.72. The van der Waals surface area contributed by atoms with E-state index in [-0.39, 0.29) is 23.8 Å². The molecule has 0 heterocycles. The van der Waals surface area contributed by atoms with Crippen LogP contribution in [0.4, 0.5) is 26.3 Å². The van der Waals surface area contributed by atoms with Crippen molar-refractivity contribution in [2.75, 3.05) is 0 Å². The van der Waals surface area contributed by atoms with Crippen molar-refractivity contribution in [2.24, 2.45) is 0 Å². The first-order valence-electron chi connectivity index (χ1n) is 6.14. The third-order valence-corrected chi connectivity index (χ3v) is 2.87. The van der Waals surface area contributed by atoms with Gasteiger partial charge in [-0.15, -0.1) is 0 Å². The first kappa shape index (κ1) is 18.7. The summed E-state index contributed by atoms with van der Waals surface area (Å²) >= 11 is 0. The van der Waals surface area contributed by atoms with Crippen molar-refractivity contribution >= 4 is 11.8 Å². The lowest BCUT2D eigenvalue weighted by Crippen LogP contribution is -2.31. The van der Waals surface area contributed by atoms with Crippen molar-refractivity contribution < 1.29 is 35.9 Å². The highest BCUT2D eigenvalue weighted by molar-refractivity contribution is 6.09. The molecule has 126 valence electrons. The lowest BCUT2D eigenvalue weighted by Gasteiger charge is -2.14. The molecule has 0 atom stereocenters. The molecule has 0 aliphatic heterocycles. The van der Waals surface area contributed by atoms with Crippen molar-refractivity contribution in [3.05, 3.63) is 46.5 Å². The molecule has 3 nitrogen and oxygen atoms in total. The molecule has 0 unspecified atom stereocenters. The van der Waals surface area contributed by atoms with Gasteiger partial charge in [0.1, 0.15) is 0 Å². The summed E-state index contributed by atoms with van der Waals surface area (Å²) in [5.41, 5.74) is -4.09. The summed E-state index contributed by atoms with van der Waals surface area (Å²) in [6, 6.07) is 0.404. The van der Waals surface area contributed by atoms with E-state index in [9.17, 15) is 35.9 Å². The van der Waals surface area contributed by atoms with Crippen LogP contribution in [0.1, 0.15) is 35.3 Å². The van der Waals surface area contributed by atoms with Crippen LogP contribution in [0.3, 0.4) is 0 Å². The normalized spacial score (nSPS) is 13.0. The predicted molar refractivity (Wildman–Crippen MR) is 68.4 cm³/mol. The molecular weight excluding hydrogens is 328 g/mol. The third-order valence-electron chi connectivity index (χ3n) is 2.87. The number of carbonyl (C=O) groups excluding carboxylic acids is 2. The first-order valence-corrected chi connectivity index (χ1v) is 6.14. The number of halogens is 6. The molecule has 0 radical (unpaired) electrons. The Hall–Kier alpha value is -2.32. The molecule has 0 aliphatic carbocycles. The summed E-state index contributed by atoms with van der Waals surface area (Å²) in [7, 11) is 0. The van der Waals surface area contributed by atoms with Gasteiger partial charge in [0, 0.05) is 11.1 Å². The van der Waals surface area contributed by atoms with E-state index < -0.39 is 40.9 Å². The van der Waals surface area contributed by atoms with Crippen LogP contribution >= 0.6 is 0 Å². The van der Waals surface area contributed by atoms with Crippen LogP contribution in [-0.4, -0.2) is 11.8 Å². The Bertz CT molecular complexity index is 626. The Morgan fingerprint density at radius 3 is 1.74 bits per heavy atom. The number of carbonyl (C=O) groups is 2. The number of allylic oxidation sites excluding steroid dienone is 1. The zero-order valence-corrected chi connectivity index (χ0v) is 11.9. The zero-order chi connectivity index (χ0) is 18.0. The first-order chi connectivity index (χ1) is 10.4. The summed E-state index contributed by atoms with van der Waals surface area (Å²) in [5.74, 6) is -2.27. The smallest absolute Gasteiger partial charge is 0.288 e. The minimum Gasteiger partial charge on any atom is -0.288 e. The molecule has 0 saturated carbocycles.